The van der Waals surface area contributed by atoms with E-state index in [1.165, 1.54) is 18.9 Å². The van der Waals surface area contributed by atoms with E-state index in [1.54, 1.807) is 12.1 Å². The van der Waals surface area contributed by atoms with Crippen molar-refractivity contribution in [2.24, 2.45) is 5.92 Å². The molecule has 9 heteroatoms. The molecule has 0 aromatic heterocycles. The fourth-order valence-electron chi connectivity index (χ4n) is 2.83. The second-order valence-electron chi connectivity index (χ2n) is 6.22. The van der Waals surface area contributed by atoms with Crippen molar-refractivity contribution in [1.29, 1.82) is 0 Å². The van der Waals surface area contributed by atoms with Gasteiger partial charge in [-0.2, -0.15) is 0 Å². The van der Waals surface area contributed by atoms with E-state index in [2.05, 4.69) is 10.2 Å². The van der Waals surface area contributed by atoms with E-state index < -0.39 is 0 Å². The molecule has 1 saturated heterocycles. The average molecular weight is 391 g/mol. The molecule has 2 fully saturated rings. The molecule has 1 saturated carbocycles. The number of nitro benzene ring substituents is 1. The Morgan fingerprint density at radius 2 is 1.88 bits per heavy atom. The SMILES string of the molecule is Cl.Cl.O=C(CNCC1CC1)N1CCN(c2cccc([N+](=O)[O-])c2)CC1. The molecule has 7 nitrogen and oxygen atoms in total. The average Bonchev–Trinajstić information content (AvgIpc) is 3.39. The molecule has 25 heavy (non-hydrogen) atoms. The summed E-state index contributed by atoms with van der Waals surface area (Å²) in [7, 11) is 0. The van der Waals surface area contributed by atoms with Gasteiger partial charge >= 0.3 is 0 Å². The number of carbonyl (C=O) groups excluding carboxylic acids is 1. The van der Waals surface area contributed by atoms with Crippen molar-refractivity contribution >= 4 is 42.1 Å². The third-order valence-corrected chi connectivity index (χ3v) is 4.44. The number of amides is 1. The Hall–Kier alpha value is -1.57. The van der Waals surface area contributed by atoms with Gasteiger partial charge in [0.2, 0.25) is 5.91 Å². The summed E-state index contributed by atoms with van der Waals surface area (Å²) >= 11 is 0. The molecule has 1 heterocycles. The Morgan fingerprint density at radius 1 is 1.20 bits per heavy atom. The molecule has 1 N–H and O–H groups in total. The van der Waals surface area contributed by atoms with Gasteiger partial charge in [0.15, 0.2) is 0 Å². The van der Waals surface area contributed by atoms with Crippen molar-refractivity contribution in [1.82, 2.24) is 10.2 Å². The Balaban J connectivity index is 0.00000156. The number of nitrogens with one attached hydrogen (secondary N) is 1. The zero-order valence-electron chi connectivity index (χ0n) is 13.9. The minimum atomic E-state index is -0.380. The zero-order chi connectivity index (χ0) is 16.2. The lowest BCUT2D eigenvalue weighted by atomic mass is 10.2. The summed E-state index contributed by atoms with van der Waals surface area (Å²) in [6.45, 7) is 4.08. The van der Waals surface area contributed by atoms with E-state index in [1.807, 2.05) is 11.0 Å². The molecule has 0 radical (unpaired) electrons. The first-order chi connectivity index (χ1) is 11.1. The number of non-ortho nitro benzene ring substituents is 1. The summed E-state index contributed by atoms with van der Waals surface area (Å²) in [5.41, 5.74) is 0.948. The number of nitrogens with zero attached hydrogens (tertiary/aromatic N) is 3. The first-order valence-corrected chi connectivity index (χ1v) is 8.11. The smallest absolute Gasteiger partial charge is 0.271 e. The van der Waals surface area contributed by atoms with Crippen LogP contribution < -0.4 is 10.2 Å². The van der Waals surface area contributed by atoms with E-state index in [-0.39, 0.29) is 41.3 Å². The molecule has 0 atom stereocenters. The van der Waals surface area contributed by atoms with Crippen molar-refractivity contribution in [2.75, 3.05) is 44.2 Å². The van der Waals surface area contributed by atoms with Gasteiger partial charge in [-0.15, -0.1) is 24.8 Å². The number of hydrogen-bond acceptors (Lipinski definition) is 5. The molecule has 1 aliphatic carbocycles. The zero-order valence-corrected chi connectivity index (χ0v) is 15.6. The second kappa shape index (κ2) is 9.79. The Morgan fingerprint density at radius 3 is 2.48 bits per heavy atom. The van der Waals surface area contributed by atoms with Gasteiger partial charge in [0, 0.05) is 44.0 Å². The molecule has 0 bridgehead atoms. The minimum Gasteiger partial charge on any atom is -0.368 e. The normalized spacial score (nSPS) is 16.6. The number of hydrogen-bond donors (Lipinski definition) is 1. The van der Waals surface area contributed by atoms with Crippen molar-refractivity contribution in [2.45, 2.75) is 12.8 Å². The standard InChI is InChI=1S/C16H22N4O3.2ClH/c21-16(12-17-11-13-4-5-13)19-8-6-18(7-9-19)14-2-1-3-15(10-14)20(22)23;;/h1-3,10,13,17H,4-9,11-12H2;2*1H. The predicted octanol–water partition coefficient (Wildman–Crippen LogP) is 2.09. The van der Waals surface area contributed by atoms with Crippen molar-refractivity contribution in [3.8, 4) is 0 Å². The fourth-order valence-corrected chi connectivity index (χ4v) is 2.83. The van der Waals surface area contributed by atoms with Crippen LogP contribution in [0.2, 0.25) is 0 Å². The van der Waals surface area contributed by atoms with E-state index in [9.17, 15) is 14.9 Å². The third-order valence-electron chi connectivity index (χ3n) is 4.44. The van der Waals surface area contributed by atoms with Crippen LogP contribution in [0, 0.1) is 16.0 Å². The van der Waals surface area contributed by atoms with Crippen LogP contribution in [-0.2, 0) is 4.79 Å². The maximum absolute atomic E-state index is 12.1. The number of nitro groups is 1. The highest BCUT2D eigenvalue weighted by molar-refractivity contribution is 5.85. The van der Waals surface area contributed by atoms with Gasteiger partial charge in [-0.25, -0.2) is 0 Å². The summed E-state index contributed by atoms with van der Waals surface area (Å²) in [5.74, 6) is 0.915. The molecular formula is C16H24Cl2N4O3. The maximum atomic E-state index is 12.1. The summed E-state index contributed by atoms with van der Waals surface area (Å²) in [5, 5.41) is 14.1. The largest absolute Gasteiger partial charge is 0.368 e. The predicted molar refractivity (Wildman–Crippen MR) is 102 cm³/mol. The van der Waals surface area contributed by atoms with Crippen molar-refractivity contribution in [3.05, 3.63) is 34.4 Å². The first kappa shape index (κ1) is 21.5. The van der Waals surface area contributed by atoms with Crippen LogP contribution in [0.5, 0.6) is 0 Å². The molecule has 1 aromatic carbocycles. The highest BCUT2D eigenvalue weighted by Gasteiger charge is 2.24. The first-order valence-electron chi connectivity index (χ1n) is 8.11. The highest BCUT2D eigenvalue weighted by Crippen LogP contribution is 2.27. The summed E-state index contributed by atoms with van der Waals surface area (Å²) in [6.07, 6.45) is 2.56. The van der Waals surface area contributed by atoms with Gasteiger partial charge in [-0.3, -0.25) is 14.9 Å². The molecule has 1 aromatic rings. The lowest BCUT2D eigenvalue weighted by Crippen LogP contribution is -2.51. The number of carbonyl (C=O) groups is 1. The monoisotopic (exact) mass is 390 g/mol. The van der Waals surface area contributed by atoms with Crippen LogP contribution >= 0.6 is 24.8 Å². The van der Waals surface area contributed by atoms with Crippen LogP contribution in [0.3, 0.4) is 0 Å². The van der Waals surface area contributed by atoms with Crippen LogP contribution in [-0.4, -0.2) is 55.0 Å². The van der Waals surface area contributed by atoms with Crippen molar-refractivity contribution in [3.63, 3.8) is 0 Å². The third kappa shape index (κ3) is 6.02. The van der Waals surface area contributed by atoms with E-state index in [4.69, 9.17) is 0 Å². The van der Waals surface area contributed by atoms with Gasteiger partial charge in [0.25, 0.3) is 5.69 Å². The number of anilines is 1. The highest BCUT2D eigenvalue weighted by atomic mass is 35.5. The lowest BCUT2D eigenvalue weighted by Gasteiger charge is -2.36. The molecule has 140 valence electrons. The summed E-state index contributed by atoms with van der Waals surface area (Å²) in [6, 6.07) is 6.66. The van der Waals surface area contributed by atoms with E-state index >= 15 is 0 Å². The Bertz CT molecular complexity index is 590. The van der Waals surface area contributed by atoms with Gasteiger partial charge in [-0.1, -0.05) is 6.07 Å². The number of halogens is 2. The molecule has 0 spiro atoms. The van der Waals surface area contributed by atoms with Gasteiger partial charge in [0.1, 0.15) is 0 Å². The fraction of sp³-hybridized carbons (Fsp3) is 0.562. The lowest BCUT2D eigenvalue weighted by molar-refractivity contribution is -0.384. The number of benzene rings is 1. The number of piperazine rings is 1. The molecule has 1 aliphatic heterocycles. The van der Waals surface area contributed by atoms with Gasteiger partial charge in [-0.05, 0) is 31.4 Å². The minimum absolute atomic E-state index is 0. The molecule has 3 rings (SSSR count). The molecule has 1 amide bonds. The Labute approximate surface area is 159 Å². The van der Waals surface area contributed by atoms with Crippen molar-refractivity contribution < 1.29 is 9.72 Å². The van der Waals surface area contributed by atoms with Crippen LogP contribution in [0.4, 0.5) is 11.4 Å². The second-order valence-corrected chi connectivity index (χ2v) is 6.22. The van der Waals surface area contributed by atoms with E-state index in [0.717, 1.165) is 18.2 Å². The quantitative estimate of drug-likeness (QED) is 0.594. The molecule has 2 aliphatic rings. The molecular weight excluding hydrogens is 367 g/mol. The molecule has 0 unspecified atom stereocenters. The summed E-state index contributed by atoms with van der Waals surface area (Å²) in [4.78, 5) is 26.6. The van der Waals surface area contributed by atoms with Crippen LogP contribution in [0.25, 0.3) is 0 Å². The van der Waals surface area contributed by atoms with E-state index in [0.29, 0.717) is 32.7 Å². The Kier molecular flexibility index (Phi) is 8.41. The summed E-state index contributed by atoms with van der Waals surface area (Å²) < 4.78 is 0. The maximum Gasteiger partial charge on any atom is 0.271 e. The van der Waals surface area contributed by atoms with Crippen LogP contribution in [0.1, 0.15) is 12.8 Å². The number of rotatable bonds is 6. The van der Waals surface area contributed by atoms with Gasteiger partial charge < -0.3 is 15.1 Å². The van der Waals surface area contributed by atoms with Gasteiger partial charge in [0.05, 0.1) is 11.5 Å². The van der Waals surface area contributed by atoms with Crippen LogP contribution in [0.15, 0.2) is 24.3 Å². The topological polar surface area (TPSA) is 78.7 Å².